The number of hydrogen-bond acceptors (Lipinski definition) is 5. The molecule has 7 nitrogen and oxygen atoms in total. The van der Waals surface area contributed by atoms with Crippen molar-refractivity contribution in [3.8, 4) is 23.0 Å². The number of nitrogens with zero attached hydrogens (tertiary/aromatic N) is 4. The molecule has 4 rings (SSSR count). The molecule has 0 atom stereocenters. The SMILES string of the molecule is COCCN1C(=O)C(C#N)=C(C)/C(=C/c2cn(-c3ccccc3)nc2-c2ccccc2)C1=O. The van der Waals surface area contributed by atoms with Crippen LogP contribution in [0.4, 0.5) is 0 Å². The van der Waals surface area contributed by atoms with Crippen LogP contribution in [-0.2, 0) is 14.3 Å². The fourth-order valence-electron chi connectivity index (χ4n) is 3.70. The first-order chi connectivity index (χ1) is 16.0. The second kappa shape index (κ2) is 9.47. The van der Waals surface area contributed by atoms with Crippen LogP contribution in [0.2, 0.25) is 0 Å². The Morgan fingerprint density at radius 2 is 1.70 bits per heavy atom. The van der Waals surface area contributed by atoms with Gasteiger partial charge in [0.15, 0.2) is 0 Å². The van der Waals surface area contributed by atoms with E-state index in [0.29, 0.717) is 16.8 Å². The van der Waals surface area contributed by atoms with Crippen molar-refractivity contribution in [2.24, 2.45) is 0 Å². The molecule has 0 bridgehead atoms. The minimum atomic E-state index is -0.600. The third kappa shape index (κ3) is 4.25. The summed E-state index contributed by atoms with van der Waals surface area (Å²) in [6.07, 6.45) is 3.54. The zero-order valence-corrected chi connectivity index (χ0v) is 18.4. The van der Waals surface area contributed by atoms with Crippen LogP contribution in [0.1, 0.15) is 12.5 Å². The van der Waals surface area contributed by atoms with Crippen LogP contribution in [0.5, 0.6) is 0 Å². The van der Waals surface area contributed by atoms with Crippen LogP contribution in [0, 0.1) is 11.3 Å². The van der Waals surface area contributed by atoms with Gasteiger partial charge in [0, 0.05) is 30.0 Å². The Morgan fingerprint density at radius 1 is 1.03 bits per heavy atom. The van der Waals surface area contributed by atoms with Gasteiger partial charge in [-0.1, -0.05) is 48.5 Å². The molecule has 0 radical (unpaired) electrons. The van der Waals surface area contributed by atoms with Gasteiger partial charge in [0.1, 0.15) is 11.6 Å². The van der Waals surface area contributed by atoms with Crippen molar-refractivity contribution in [2.45, 2.75) is 6.92 Å². The van der Waals surface area contributed by atoms with E-state index < -0.39 is 11.8 Å². The molecule has 1 aliphatic heterocycles. The van der Waals surface area contributed by atoms with E-state index in [4.69, 9.17) is 9.84 Å². The smallest absolute Gasteiger partial charge is 0.271 e. The Morgan fingerprint density at radius 3 is 2.33 bits per heavy atom. The molecule has 164 valence electrons. The van der Waals surface area contributed by atoms with E-state index in [0.717, 1.165) is 16.2 Å². The normalized spacial score (nSPS) is 15.3. The van der Waals surface area contributed by atoms with E-state index in [-0.39, 0.29) is 24.3 Å². The molecule has 0 fully saturated rings. The molecule has 7 heteroatoms. The third-order valence-electron chi connectivity index (χ3n) is 5.45. The topological polar surface area (TPSA) is 88.2 Å². The number of hydrogen-bond donors (Lipinski definition) is 0. The number of rotatable bonds is 6. The maximum absolute atomic E-state index is 13.3. The zero-order valence-electron chi connectivity index (χ0n) is 18.4. The molecule has 3 aromatic rings. The summed E-state index contributed by atoms with van der Waals surface area (Å²) < 4.78 is 6.79. The lowest BCUT2D eigenvalue weighted by molar-refractivity contribution is -0.141. The van der Waals surface area contributed by atoms with Gasteiger partial charge in [0.25, 0.3) is 11.8 Å². The number of nitriles is 1. The van der Waals surface area contributed by atoms with Gasteiger partial charge in [-0.05, 0) is 30.7 Å². The van der Waals surface area contributed by atoms with Crippen LogP contribution < -0.4 is 0 Å². The van der Waals surface area contributed by atoms with Gasteiger partial charge < -0.3 is 4.74 Å². The third-order valence-corrected chi connectivity index (χ3v) is 5.45. The lowest BCUT2D eigenvalue weighted by Gasteiger charge is -2.27. The number of carbonyl (C=O) groups excluding carboxylic acids is 2. The average molecular weight is 438 g/mol. The number of methoxy groups -OCH3 is 1. The van der Waals surface area contributed by atoms with E-state index in [1.54, 1.807) is 17.7 Å². The first-order valence-electron chi connectivity index (χ1n) is 10.4. The Balaban J connectivity index is 1.88. The molecular formula is C26H22N4O3. The zero-order chi connectivity index (χ0) is 23.4. The number of amides is 2. The standard InChI is InChI=1S/C26H22N4O3/c1-18-22(25(31)29(13-14-33-2)26(32)23(18)16-27)15-20-17-30(21-11-7-4-8-12-21)28-24(20)19-9-5-3-6-10-19/h3-12,15,17H,13-14H2,1-2H3/b22-15-. The molecule has 1 aliphatic rings. The number of ether oxygens (including phenoxy) is 1. The van der Waals surface area contributed by atoms with E-state index in [9.17, 15) is 14.9 Å². The molecule has 0 aliphatic carbocycles. The van der Waals surface area contributed by atoms with Crippen molar-refractivity contribution in [3.63, 3.8) is 0 Å². The van der Waals surface area contributed by atoms with Crippen molar-refractivity contribution in [3.05, 3.63) is 89.1 Å². The summed E-state index contributed by atoms with van der Waals surface area (Å²) in [5.41, 5.74) is 3.73. The Hall–Kier alpha value is -4.28. The van der Waals surface area contributed by atoms with E-state index in [1.807, 2.05) is 72.9 Å². The largest absolute Gasteiger partial charge is 0.383 e. The molecule has 2 aromatic carbocycles. The summed E-state index contributed by atoms with van der Waals surface area (Å²) in [7, 11) is 1.49. The van der Waals surface area contributed by atoms with Gasteiger partial charge >= 0.3 is 0 Å². The lowest BCUT2D eigenvalue weighted by Crippen LogP contribution is -2.44. The Labute approximate surface area is 191 Å². The number of benzene rings is 2. The maximum Gasteiger partial charge on any atom is 0.271 e. The van der Waals surface area contributed by atoms with Gasteiger partial charge in [0.2, 0.25) is 0 Å². The summed E-state index contributed by atoms with van der Waals surface area (Å²) in [4.78, 5) is 27.0. The second-order valence-corrected chi connectivity index (χ2v) is 7.50. The lowest BCUT2D eigenvalue weighted by atomic mass is 9.93. The fraction of sp³-hybridized carbons (Fsp3) is 0.154. The molecule has 0 saturated carbocycles. The first kappa shape index (κ1) is 21.9. The molecule has 0 N–H and O–H groups in total. The second-order valence-electron chi connectivity index (χ2n) is 7.50. The molecule has 0 unspecified atom stereocenters. The molecule has 2 heterocycles. The Kier molecular flexibility index (Phi) is 6.29. The number of para-hydroxylation sites is 1. The summed E-state index contributed by atoms with van der Waals surface area (Å²) in [6, 6.07) is 21.3. The van der Waals surface area contributed by atoms with E-state index in [1.165, 1.54) is 7.11 Å². The predicted molar refractivity (Wildman–Crippen MR) is 124 cm³/mol. The summed E-state index contributed by atoms with van der Waals surface area (Å²) in [6.45, 7) is 1.88. The molecule has 0 spiro atoms. The number of aromatic nitrogens is 2. The van der Waals surface area contributed by atoms with Gasteiger partial charge in [0.05, 0.1) is 24.5 Å². The van der Waals surface area contributed by atoms with Crippen LogP contribution in [0.15, 0.2) is 83.6 Å². The highest BCUT2D eigenvalue weighted by Crippen LogP contribution is 2.31. The van der Waals surface area contributed by atoms with Gasteiger partial charge in [-0.3, -0.25) is 14.5 Å². The first-order valence-corrected chi connectivity index (χ1v) is 10.4. The monoisotopic (exact) mass is 438 g/mol. The van der Waals surface area contributed by atoms with Crippen molar-refractivity contribution in [2.75, 3.05) is 20.3 Å². The number of carbonyl (C=O) groups is 2. The van der Waals surface area contributed by atoms with Gasteiger partial charge in [-0.25, -0.2) is 4.68 Å². The van der Waals surface area contributed by atoms with Gasteiger partial charge in [-0.2, -0.15) is 10.4 Å². The molecule has 1 aromatic heterocycles. The van der Waals surface area contributed by atoms with Crippen LogP contribution in [0.25, 0.3) is 23.0 Å². The van der Waals surface area contributed by atoms with Crippen LogP contribution in [-0.4, -0.2) is 46.8 Å². The molecular weight excluding hydrogens is 416 g/mol. The van der Waals surface area contributed by atoms with E-state index in [2.05, 4.69) is 0 Å². The van der Waals surface area contributed by atoms with Crippen molar-refractivity contribution < 1.29 is 14.3 Å². The maximum atomic E-state index is 13.3. The summed E-state index contributed by atoms with van der Waals surface area (Å²) in [5, 5.41) is 14.4. The van der Waals surface area contributed by atoms with Gasteiger partial charge in [-0.15, -0.1) is 0 Å². The fourth-order valence-corrected chi connectivity index (χ4v) is 3.70. The van der Waals surface area contributed by atoms with Crippen molar-refractivity contribution >= 4 is 17.9 Å². The molecule has 0 saturated heterocycles. The minimum Gasteiger partial charge on any atom is -0.383 e. The van der Waals surface area contributed by atoms with Crippen molar-refractivity contribution in [1.29, 1.82) is 5.26 Å². The quantitative estimate of drug-likeness (QED) is 0.432. The van der Waals surface area contributed by atoms with Crippen LogP contribution >= 0.6 is 0 Å². The summed E-state index contributed by atoms with van der Waals surface area (Å²) >= 11 is 0. The average Bonchev–Trinajstić information content (AvgIpc) is 3.27. The van der Waals surface area contributed by atoms with Crippen LogP contribution in [0.3, 0.4) is 0 Å². The molecule has 2 amide bonds. The number of imide groups is 1. The highest BCUT2D eigenvalue weighted by atomic mass is 16.5. The van der Waals surface area contributed by atoms with E-state index >= 15 is 0 Å². The van der Waals surface area contributed by atoms with Crippen molar-refractivity contribution in [1.82, 2.24) is 14.7 Å². The molecule has 33 heavy (non-hydrogen) atoms. The summed E-state index contributed by atoms with van der Waals surface area (Å²) in [5.74, 6) is -1.06. The Bertz CT molecular complexity index is 1300. The highest BCUT2D eigenvalue weighted by Gasteiger charge is 2.35. The minimum absolute atomic E-state index is 0.0475. The highest BCUT2D eigenvalue weighted by molar-refractivity contribution is 6.19. The predicted octanol–water partition coefficient (Wildman–Crippen LogP) is 3.78.